The molecule has 2 rings (SSSR count). The Kier molecular flexibility index (Phi) is 2.01. The largest absolute Gasteiger partial charge is 0.298 e. The fourth-order valence-electron chi connectivity index (χ4n) is 1.72. The predicted octanol–water partition coefficient (Wildman–Crippen LogP) is 2.52. The number of hydrogen-bond acceptors (Lipinski definition) is 1. The third-order valence-corrected chi connectivity index (χ3v) is 2.48. The molecule has 0 N–H and O–H groups in total. The first kappa shape index (κ1) is 8.24. The van der Waals surface area contributed by atoms with Gasteiger partial charge in [-0.1, -0.05) is 23.8 Å². The van der Waals surface area contributed by atoms with E-state index in [9.17, 15) is 4.79 Å². The maximum Gasteiger partial charge on any atom is 0.146 e. The normalized spacial score (nSPS) is 14.7. The minimum atomic E-state index is 0.888. The van der Waals surface area contributed by atoms with Crippen LogP contribution < -0.4 is 0 Å². The summed E-state index contributed by atoms with van der Waals surface area (Å²) in [6.07, 6.45) is 4.85. The lowest BCUT2D eigenvalue weighted by atomic mass is 9.92. The molecule has 0 heterocycles. The summed E-state index contributed by atoms with van der Waals surface area (Å²) in [5.74, 6) is 0. The van der Waals surface area contributed by atoms with E-state index in [2.05, 4.69) is 25.1 Å². The maximum atomic E-state index is 10.6. The summed E-state index contributed by atoms with van der Waals surface area (Å²) in [5, 5.41) is 0. The van der Waals surface area contributed by atoms with E-state index in [0.717, 1.165) is 24.7 Å². The van der Waals surface area contributed by atoms with Crippen LogP contribution in [0, 0.1) is 6.92 Å². The van der Waals surface area contributed by atoms with Crippen molar-refractivity contribution in [3.05, 3.63) is 40.5 Å². The topological polar surface area (TPSA) is 17.1 Å². The number of aryl methyl sites for hydroxylation is 2. The van der Waals surface area contributed by atoms with Crippen LogP contribution in [0.25, 0.3) is 6.08 Å². The van der Waals surface area contributed by atoms with E-state index >= 15 is 0 Å². The van der Waals surface area contributed by atoms with Crippen molar-refractivity contribution in [1.29, 1.82) is 0 Å². The summed E-state index contributed by atoms with van der Waals surface area (Å²) in [4.78, 5) is 10.6. The van der Waals surface area contributed by atoms with E-state index in [4.69, 9.17) is 0 Å². The highest BCUT2D eigenvalue weighted by atomic mass is 16.1. The van der Waals surface area contributed by atoms with Crippen LogP contribution in [-0.4, -0.2) is 6.29 Å². The first-order valence-electron chi connectivity index (χ1n) is 4.55. The molecule has 1 nitrogen and oxygen atoms in total. The molecule has 0 fully saturated rings. The van der Waals surface area contributed by atoms with Crippen molar-refractivity contribution >= 4 is 12.4 Å². The number of carbonyl (C=O) groups excluding carboxylic acids is 1. The zero-order chi connectivity index (χ0) is 9.26. The molecule has 0 aliphatic heterocycles. The van der Waals surface area contributed by atoms with Crippen molar-refractivity contribution < 1.29 is 4.79 Å². The number of allylic oxidation sites excluding steroid dienone is 1. The highest BCUT2D eigenvalue weighted by molar-refractivity contribution is 5.83. The van der Waals surface area contributed by atoms with Crippen molar-refractivity contribution in [2.75, 3.05) is 0 Å². The molecule has 0 saturated carbocycles. The van der Waals surface area contributed by atoms with E-state index in [0.29, 0.717) is 0 Å². The number of fused-ring (bicyclic) bond motifs is 1. The fraction of sp³-hybridized carbons (Fsp3) is 0.250. The van der Waals surface area contributed by atoms with Crippen LogP contribution in [0.3, 0.4) is 0 Å². The van der Waals surface area contributed by atoms with Gasteiger partial charge in [-0.2, -0.15) is 0 Å². The van der Waals surface area contributed by atoms with Crippen molar-refractivity contribution in [3.8, 4) is 0 Å². The zero-order valence-corrected chi connectivity index (χ0v) is 7.71. The van der Waals surface area contributed by atoms with Crippen LogP contribution in [0.5, 0.6) is 0 Å². The van der Waals surface area contributed by atoms with Gasteiger partial charge in [0.2, 0.25) is 0 Å². The molecule has 13 heavy (non-hydrogen) atoms. The van der Waals surface area contributed by atoms with E-state index in [1.807, 2.05) is 6.08 Å². The van der Waals surface area contributed by atoms with Crippen molar-refractivity contribution in [1.82, 2.24) is 0 Å². The van der Waals surface area contributed by atoms with E-state index in [1.165, 1.54) is 16.7 Å². The average Bonchev–Trinajstić information content (AvgIpc) is 2.16. The molecule has 1 heteroatoms. The van der Waals surface area contributed by atoms with Crippen LogP contribution in [-0.2, 0) is 11.2 Å². The number of benzene rings is 1. The second-order valence-electron chi connectivity index (χ2n) is 3.54. The van der Waals surface area contributed by atoms with Crippen LogP contribution in [0.15, 0.2) is 23.8 Å². The predicted molar refractivity (Wildman–Crippen MR) is 53.5 cm³/mol. The summed E-state index contributed by atoms with van der Waals surface area (Å²) >= 11 is 0. The van der Waals surface area contributed by atoms with Crippen LogP contribution in [0.4, 0.5) is 0 Å². The molecule has 0 saturated heterocycles. The van der Waals surface area contributed by atoms with Crippen molar-refractivity contribution in [2.24, 2.45) is 0 Å². The first-order chi connectivity index (χ1) is 6.29. The monoisotopic (exact) mass is 172 g/mol. The second kappa shape index (κ2) is 3.17. The van der Waals surface area contributed by atoms with E-state index < -0.39 is 0 Å². The fourth-order valence-corrected chi connectivity index (χ4v) is 1.72. The van der Waals surface area contributed by atoms with Crippen LogP contribution in [0.2, 0.25) is 0 Å². The smallest absolute Gasteiger partial charge is 0.146 e. The average molecular weight is 172 g/mol. The summed E-state index contributed by atoms with van der Waals surface area (Å²) in [5.41, 5.74) is 4.74. The molecule has 0 atom stereocenters. The van der Waals surface area contributed by atoms with Gasteiger partial charge >= 0.3 is 0 Å². The molecule has 1 aliphatic rings. The third kappa shape index (κ3) is 1.55. The molecule has 0 radical (unpaired) electrons. The maximum absolute atomic E-state index is 10.6. The standard InChI is InChI=1S/C12H12O/c1-9-2-4-11-5-3-10(8-13)7-12(11)6-9/h2,4,6-8H,3,5H2,1H3. The van der Waals surface area contributed by atoms with E-state index in [-0.39, 0.29) is 0 Å². The molecule has 0 bridgehead atoms. The van der Waals surface area contributed by atoms with E-state index in [1.54, 1.807) is 0 Å². The van der Waals surface area contributed by atoms with Gasteiger partial charge in [0, 0.05) is 0 Å². The lowest BCUT2D eigenvalue weighted by Crippen LogP contribution is -2.00. The lowest BCUT2D eigenvalue weighted by Gasteiger charge is -2.13. The second-order valence-corrected chi connectivity index (χ2v) is 3.54. The number of carbonyl (C=O) groups is 1. The van der Waals surface area contributed by atoms with Gasteiger partial charge < -0.3 is 0 Å². The summed E-state index contributed by atoms with van der Waals surface area (Å²) in [6, 6.07) is 6.42. The lowest BCUT2D eigenvalue weighted by molar-refractivity contribution is -0.105. The Morgan fingerprint density at radius 2 is 2.15 bits per heavy atom. The van der Waals surface area contributed by atoms with Crippen molar-refractivity contribution in [3.63, 3.8) is 0 Å². The van der Waals surface area contributed by atoms with Gasteiger partial charge in [-0.3, -0.25) is 4.79 Å². The Labute approximate surface area is 78.1 Å². The summed E-state index contributed by atoms with van der Waals surface area (Å²) in [7, 11) is 0. The number of hydrogen-bond donors (Lipinski definition) is 0. The van der Waals surface area contributed by atoms with Gasteiger partial charge in [0.15, 0.2) is 0 Å². The molecule has 0 unspecified atom stereocenters. The quantitative estimate of drug-likeness (QED) is 0.595. The molecular weight excluding hydrogens is 160 g/mol. The number of aldehydes is 1. The number of rotatable bonds is 1. The van der Waals surface area contributed by atoms with Gasteiger partial charge in [0.05, 0.1) is 0 Å². The van der Waals surface area contributed by atoms with Gasteiger partial charge in [-0.05, 0) is 42.5 Å². The zero-order valence-electron chi connectivity index (χ0n) is 7.71. The highest BCUT2D eigenvalue weighted by Crippen LogP contribution is 2.23. The molecule has 0 aromatic heterocycles. The molecular formula is C12H12O. The summed E-state index contributed by atoms with van der Waals surface area (Å²) in [6.45, 7) is 2.07. The Morgan fingerprint density at radius 3 is 2.92 bits per heavy atom. The van der Waals surface area contributed by atoms with Gasteiger partial charge in [-0.25, -0.2) is 0 Å². The Morgan fingerprint density at radius 1 is 1.31 bits per heavy atom. The summed E-state index contributed by atoms with van der Waals surface area (Å²) < 4.78 is 0. The molecule has 0 spiro atoms. The van der Waals surface area contributed by atoms with Crippen LogP contribution >= 0.6 is 0 Å². The Balaban J connectivity index is 2.49. The first-order valence-corrected chi connectivity index (χ1v) is 4.55. The SMILES string of the molecule is Cc1ccc2c(c1)C=C(C=O)CC2. The minimum Gasteiger partial charge on any atom is -0.298 e. The molecule has 0 amide bonds. The third-order valence-electron chi connectivity index (χ3n) is 2.48. The van der Waals surface area contributed by atoms with Gasteiger partial charge in [0.1, 0.15) is 6.29 Å². The molecule has 1 aliphatic carbocycles. The Bertz CT molecular complexity index is 375. The van der Waals surface area contributed by atoms with Crippen LogP contribution in [0.1, 0.15) is 23.1 Å². The van der Waals surface area contributed by atoms with Crippen molar-refractivity contribution in [2.45, 2.75) is 19.8 Å². The Hall–Kier alpha value is -1.37. The van der Waals surface area contributed by atoms with Gasteiger partial charge in [-0.15, -0.1) is 0 Å². The molecule has 1 aromatic carbocycles. The van der Waals surface area contributed by atoms with Gasteiger partial charge in [0.25, 0.3) is 0 Å². The minimum absolute atomic E-state index is 0.888. The molecule has 66 valence electrons. The highest BCUT2D eigenvalue weighted by Gasteiger charge is 2.08. The molecule has 1 aromatic rings.